The van der Waals surface area contributed by atoms with Gasteiger partial charge in [-0.25, -0.2) is 14.6 Å². The average Bonchev–Trinajstić information content (AvgIpc) is 3.56. The number of benzene rings is 3. The molecule has 0 bridgehead atoms. The minimum Gasteiger partial charge on any atom is -0.496 e. The van der Waals surface area contributed by atoms with Crippen LogP contribution < -0.4 is 20.7 Å². The number of rotatable bonds is 14. The van der Waals surface area contributed by atoms with Crippen molar-refractivity contribution < 1.29 is 23.5 Å². The fourth-order valence-corrected chi connectivity index (χ4v) is 4.87. The molecule has 232 valence electrons. The molecular formula is C34H41N5O5. The normalized spacial score (nSPS) is 11.7. The van der Waals surface area contributed by atoms with Gasteiger partial charge in [0.05, 0.1) is 18.9 Å². The van der Waals surface area contributed by atoms with Crippen LogP contribution in [0.2, 0.25) is 0 Å². The standard InChI is InChI=1S/C34H41N5O5/c1-5-39(22-24(2)3)17-16-30(26-11-7-6-8-12-26)44-34(41)36-20-25-10-9-13-27(18-25)37-33(40)38-28-14-15-29(31(19-28)42-4)32-21-35-23-43-32/h6-15,18-19,21,23-24,30H,5,16-17,20,22H2,1-4H3,(H,36,41)(H2,37,38,40). The van der Waals surface area contributed by atoms with E-state index in [0.717, 1.165) is 36.3 Å². The second-order valence-corrected chi connectivity index (χ2v) is 10.8. The van der Waals surface area contributed by atoms with Crippen LogP contribution >= 0.6 is 0 Å². The molecule has 3 amide bonds. The van der Waals surface area contributed by atoms with Crippen LogP contribution in [0.25, 0.3) is 11.3 Å². The van der Waals surface area contributed by atoms with Crippen molar-refractivity contribution in [3.63, 3.8) is 0 Å². The Hall–Kier alpha value is -4.83. The Bertz CT molecular complexity index is 1480. The van der Waals surface area contributed by atoms with Crippen molar-refractivity contribution in [2.75, 3.05) is 37.4 Å². The lowest BCUT2D eigenvalue weighted by molar-refractivity contribution is 0.0829. The first-order valence-electron chi connectivity index (χ1n) is 14.8. The molecule has 44 heavy (non-hydrogen) atoms. The van der Waals surface area contributed by atoms with E-state index in [1.807, 2.05) is 42.5 Å². The van der Waals surface area contributed by atoms with E-state index in [1.54, 1.807) is 43.6 Å². The summed E-state index contributed by atoms with van der Waals surface area (Å²) in [5.74, 6) is 1.66. The number of nitrogens with one attached hydrogen (secondary N) is 3. The molecule has 1 unspecified atom stereocenters. The summed E-state index contributed by atoms with van der Waals surface area (Å²) in [5.41, 5.74) is 3.61. The summed E-state index contributed by atoms with van der Waals surface area (Å²) in [7, 11) is 1.55. The van der Waals surface area contributed by atoms with Crippen LogP contribution in [-0.2, 0) is 11.3 Å². The predicted molar refractivity (Wildman–Crippen MR) is 172 cm³/mol. The number of amides is 3. The molecule has 1 heterocycles. The van der Waals surface area contributed by atoms with Gasteiger partial charge in [-0.15, -0.1) is 0 Å². The van der Waals surface area contributed by atoms with Gasteiger partial charge in [0.2, 0.25) is 0 Å². The lowest BCUT2D eigenvalue weighted by Crippen LogP contribution is -2.31. The third kappa shape index (κ3) is 9.60. The molecule has 1 atom stereocenters. The molecular weight excluding hydrogens is 558 g/mol. The van der Waals surface area contributed by atoms with Crippen LogP contribution in [0, 0.1) is 5.92 Å². The number of aromatic nitrogens is 1. The Morgan fingerprint density at radius 2 is 1.75 bits per heavy atom. The Kier molecular flexibility index (Phi) is 11.8. The summed E-state index contributed by atoms with van der Waals surface area (Å²) in [4.78, 5) is 31.9. The molecule has 0 fully saturated rings. The molecule has 1 aromatic heterocycles. The van der Waals surface area contributed by atoms with E-state index in [-0.39, 0.29) is 12.6 Å². The van der Waals surface area contributed by atoms with Crippen LogP contribution in [0.3, 0.4) is 0 Å². The van der Waals surface area contributed by atoms with Gasteiger partial charge in [-0.2, -0.15) is 0 Å². The van der Waals surface area contributed by atoms with Crippen LogP contribution in [0.5, 0.6) is 5.75 Å². The van der Waals surface area contributed by atoms with E-state index in [9.17, 15) is 9.59 Å². The van der Waals surface area contributed by atoms with Gasteiger partial charge >= 0.3 is 12.1 Å². The molecule has 0 aliphatic heterocycles. The van der Waals surface area contributed by atoms with Gasteiger partial charge in [0.1, 0.15) is 11.9 Å². The van der Waals surface area contributed by atoms with Gasteiger partial charge in [-0.1, -0.05) is 63.2 Å². The van der Waals surface area contributed by atoms with E-state index in [4.69, 9.17) is 13.9 Å². The highest BCUT2D eigenvalue weighted by atomic mass is 16.6. The predicted octanol–water partition coefficient (Wildman–Crippen LogP) is 7.33. The summed E-state index contributed by atoms with van der Waals surface area (Å²) in [6.45, 7) is 9.57. The van der Waals surface area contributed by atoms with Crippen molar-refractivity contribution in [1.29, 1.82) is 0 Å². The Morgan fingerprint density at radius 1 is 0.977 bits per heavy atom. The summed E-state index contributed by atoms with van der Waals surface area (Å²) in [6.07, 6.45) is 2.77. The summed E-state index contributed by atoms with van der Waals surface area (Å²) in [6, 6.07) is 21.9. The van der Waals surface area contributed by atoms with Gasteiger partial charge in [0.25, 0.3) is 0 Å². The van der Waals surface area contributed by atoms with Crippen molar-refractivity contribution >= 4 is 23.5 Å². The largest absolute Gasteiger partial charge is 0.496 e. The number of urea groups is 1. The number of alkyl carbamates (subject to hydrolysis) is 1. The smallest absolute Gasteiger partial charge is 0.408 e. The maximum absolute atomic E-state index is 12.9. The SMILES string of the molecule is CCN(CCC(OC(=O)NCc1cccc(NC(=O)Nc2ccc(-c3cnco3)c(OC)c2)c1)c1ccccc1)CC(C)C. The zero-order chi connectivity index (χ0) is 31.3. The third-order valence-electron chi connectivity index (χ3n) is 6.98. The van der Waals surface area contributed by atoms with Crippen molar-refractivity contribution in [1.82, 2.24) is 15.2 Å². The van der Waals surface area contributed by atoms with Crippen LogP contribution in [0.4, 0.5) is 21.0 Å². The molecule has 4 rings (SSSR count). The van der Waals surface area contributed by atoms with E-state index in [0.29, 0.717) is 35.2 Å². The second kappa shape index (κ2) is 16.1. The Balaban J connectivity index is 1.31. The summed E-state index contributed by atoms with van der Waals surface area (Å²) >= 11 is 0. The van der Waals surface area contributed by atoms with E-state index >= 15 is 0 Å². The highest BCUT2D eigenvalue weighted by Gasteiger charge is 2.19. The number of hydrogen-bond donors (Lipinski definition) is 3. The highest BCUT2D eigenvalue weighted by molar-refractivity contribution is 6.00. The molecule has 0 saturated heterocycles. The van der Waals surface area contributed by atoms with E-state index < -0.39 is 12.1 Å². The summed E-state index contributed by atoms with van der Waals surface area (Å²) in [5, 5.41) is 8.49. The zero-order valence-corrected chi connectivity index (χ0v) is 25.7. The van der Waals surface area contributed by atoms with Gasteiger partial charge in [0, 0.05) is 43.5 Å². The van der Waals surface area contributed by atoms with Crippen LogP contribution in [0.1, 0.15) is 44.4 Å². The first kappa shape index (κ1) is 32.1. The Labute approximate surface area is 258 Å². The van der Waals surface area contributed by atoms with E-state index in [1.165, 1.54) is 6.39 Å². The van der Waals surface area contributed by atoms with E-state index in [2.05, 4.69) is 46.6 Å². The minimum atomic E-state index is -0.496. The molecule has 10 heteroatoms. The first-order chi connectivity index (χ1) is 21.3. The summed E-state index contributed by atoms with van der Waals surface area (Å²) < 4.78 is 16.7. The van der Waals surface area contributed by atoms with Gasteiger partial charge in [0.15, 0.2) is 12.2 Å². The highest BCUT2D eigenvalue weighted by Crippen LogP contribution is 2.32. The lowest BCUT2D eigenvalue weighted by atomic mass is 10.1. The number of carbonyl (C=O) groups excluding carboxylic acids is 2. The quantitative estimate of drug-likeness (QED) is 0.139. The second-order valence-electron chi connectivity index (χ2n) is 10.8. The van der Waals surface area contributed by atoms with Crippen molar-refractivity contribution in [3.05, 3.63) is 96.5 Å². The monoisotopic (exact) mass is 599 g/mol. The maximum atomic E-state index is 12.9. The first-order valence-corrected chi connectivity index (χ1v) is 14.8. The van der Waals surface area contributed by atoms with Gasteiger partial charge in [-0.05, 0) is 47.9 Å². The number of nitrogens with zero attached hydrogens (tertiary/aromatic N) is 2. The lowest BCUT2D eigenvalue weighted by Gasteiger charge is -2.25. The molecule has 10 nitrogen and oxygen atoms in total. The molecule has 3 N–H and O–H groups in total. The molecule has 0 aliphatic carbocycles. The van der Waals surface area contributed by atoms with Crippen molar-refractivity contribution in [2.45, 2.75) is 39.8 Å². The fourth-order valence-electron chi connectivity index (χ4n) is 4.87. The molecule has 4 aromatic rings. The van der Waals surface area contributed by atoms with Gasteiger partial charge in [-0.3, -0.25) is 0 Å². The van der Waals surface area contributed by atoms with Crippen LogP contribution in [-0.4, -0.2) is 48.8 Å². The molecule has 0 radical (unpaired) electrons. The van der Waals surface area contributed by atoms with Gasteiger partial charge < -0.3 is 34.7 Å². The molecule has 3 aromatic carbocycles. The number of carbonyl (C=O) groups is 2. The minimum absolute atomic E-state index is 0.242. The fraction of sp³-hybridized carbons (Fsp3) is 0.324. The average molecular weight is 600 g/mol. The van der Waals surface area contributed by atoms with Crippen molar-refractivity contribution in [2.24, 2.45) is 5.92 Å². The molecule has 0 aliphatic rings. The zero-order valence-electron chi connectivity index (χ0n) is 25.7. The Morgan fingerprint density at radius 3 is 2.43 bits per heavy atom. The maximum Gasteiger partial charge on any atom is 0.408 e. The van der Waals surface area contributed by atoms with Crippen LogP contribution in [0.15, 0.2) is 89.8 Å². The topological polar surface area (TPSA) is 118 Å². The number of hydrogen-bond acceptors (Lipinski definition) is 7. The number of ether oxygens (including phenoxy) is 2. The van der Waals surface area contributed by atoms with Crippen molar-refractivity contribution in [3.8, 4) is 17.1 Å². The molecule has 0 spiro atoms. The molecule has 0 saturated carbocycles. The number of methoxy groups -OCH3 is 1. The number of anilines is 2. The number of oxazole rings is 1. The third-order valence-corrected chi connectivity index (χ3v) is 6.98.